The van der Waals surface area contributed by atoms with Gasteiger partial charge in [-0.05, 0) is 57.1 Å². The molecule has 2 heterocycles. The number of likely N-dealkylation sites (tertiary alicyclic amines) is 1. The summed E-state index contributed by atoms with van der Waals surface area (Å²) in [6.07, 6.45) is 8.37. The average Bonchev–Trinajstić information content (AvgIpc) is 2.94. The number of nitrogens with zero attached hydrogens (tertiary/aromatic N) is 1. The van der Waals surface area contributed by atoms with Crippen LogP contribution in [0.15, 0.2) is 6.07 Å². The van der Waals surface area contributed by atoms with Crippen molar-refractivity contribution in [3.63, 3.8) is 0 Å². The van der Waals surface area contributed by atoms with Gasteiger partial charge in [0.15, 0.2) is 0 Å². The minimum Gasteiger partial charge on any atom is -0.393 e. The number of carbonyl (C=O) groups is 1. The first kappa shape index (κ1) is 15.0. The molecule has 4 heteroatoms. The van der Waals surface area contributed by atoms with E-state index in [1.54, 1.807) is 11.3 Å². The van der Waals surface area contributed by atoms with E-state index in [-0.39, 0.29) is 18.1 Å². The molecule has 2 aliphatic rings. The Labute approximate surface area is 131 Å². The largest absolute Gasteiger partial charge is 0.393 e. The molecule has 1 saturated heterocycles. The third-order valence-electron chi connectivity index (χ3n) is 4.71. The fourth-order valence-electron chi connectivity index (χ4n) is 3.66. The van der Waals surface area contributed by atoms with Gasteiger partial charge in [0.1, 0.15) is 0 Å². The van der Waals surface area contributed by atoms with Crippen LogP contribution in [-0.4, -0.2) is 34.6 Å². The summed E-state index contributed by atoms with van der Waals surface area (Å²) in [6, 6.07) is 2.33. The van der Waals surface area contributed by atoms with Crippen molar-refractivity contribution in [1.29, 1.82) is 0 Å². The smallest absolute Gasteiger partial charge is 0.264 e. The van der Waals surface area contributed by atoms with Crippen molar-refractivity contribution in [2.24, 2.45) is 0 Å². The van der Waals surface area contributed by atoms with Crippen LogP contribution in [0.2, 0.25) is 0 Å². The van der Waals surface area contributed by atoms with Gasteiger partial charge in [0.05, 0.1) is 11.0 Å². The molecule has 1 amide bonds. The summed E-state index contributed by atoms with van der Waals surface area (Å²) < 4.78 is 0. The van der Waals surface area contributed by atoms with E-state index in [2.05, 4.69) is 6.07 Å². The second-order valence-corrected chi connectivity index (χ2v) is 7.64. The molecular formula is C17H25NO2S. The first-order chi connectivity index (χ1) is 10.1. The van der Waals surface area contributed by atoms with Gasteiger partial charge in [-0.15, -0.1) is 11.3 Å². The number of aliphatic hydroxyl groups excluding tert-OH is 1. The van der Waals surface area contributed by atoms with E-state index in [9.17, 15) is 9.90 Å². The lowest BCUT2D eigenvalue weighted by atomic mass is 10.0. The van der Waals surface area contributed by atoms with Gasteiger partial charge >= 0.3 is 0 Å². The Kier molecular flexibility index (Phi) is 4.65. The maximum absolute atomic E-state index is 12.9. The molecular weight excluding hydrogens is 282 g/mol. The lowest BCUT2D eigenvalue weighted by Crippen LogP contribution is -2.41. The molecule has 1 aromatic heterocycles. The number of aliphatic hydroxyl groups is 1. The molecule has 3 nitrogen and oxygen atoms in total. The molecule has 1 N–H and O–H groups in total. The van der Waals surface area contributed by atoms with Crippen molar-refractivity contribution in [3.8, 4) is 0 Å². The van der Waals surface area contributed by atoms with Gasteiger partial charge < -0.3 is 10.0 Å². The molecule has 2 atom stereocenters. The molecule has 1 fully saturated rings. The Hall–Kier alpha value is -0.870. The van der Waals surface area contributed by atoms with Gasteiger partial charge in [-0.2, -0.15) is 0 Å². The standard InChI is InChI=1S/C17H25NO2S/c1-12(19)10-14-7-3-2-4-9-18(14)17(20)16-11-13-6-5-8-15(13)21-16/h11-12,14,19H,2-10H2,1H3/t12-,14-/m1/s1. The van der Waals surface area contributed by atoms with E-state index >= 15 is 0 Å². The zero-order chi connectivity index (χ0) is 14.8. The second kappa shape index (κ2) is 6.49. The highest BCUT2D eigenvalue weighted by molar-refractivity contribution is 7.14. The van der Waals surface area contributed by atoms with E-state index < -0.39 is 0 Å². The molecule has 116 valence electrons. The van der Waals surface area contributed by atoms with Crippen LogP contribution in [0, 0.1) is 0 Å². The zero-order valence-corrected chi connectivity index (χ0v) is 13.6. The third kappa shape index (κ3) is 3.32. The molecule has 1 aromatic rings. The van der Waals surface area contributed by atoms with Crippen LogP contribution in [-0.2, 0) is 12.8 Å². The summed E-state index contributed by atoms with van der Waals surface area (Å²) in [6.45, 7) is 2.67. The molecule has 3 rings (SSSR count). The third-order valence-corrected chi connectivity index (χ3v) is 5.93. The zero-order valence-electron chi connectivity index (χ0n) is 12.8. The van der Waals surface area contributed by atoms with E-state index in [1.165, 1.54) is 29.7 Å². The van der Waals surface area contributed by atoms with Crippen molar-refractivity contribution in [2.75, 3.05) is 6.54 Å². The van der Waals surface area contributed by atoms with Crippen LogP contribution in [0.4, 0.5) is 0 Å². The summed E-state index contributed by atoms with van der Waals surface area (Å²) >= 11 is 1.70. The first-order valence-corrected chi connectivity index (χ1v) is 9.07. The SMILES string of the molecule is C[C@@H](O)C[C@H]1CCCCCN1C(=O)c1cc2c(s1)CCC2. The number of amides is 1. The number of fused-ring (bicyclic) bond motifs is 1. The Morgan fingerprint density at radius 2 is 2.24 bits per heavy atom. The van der Waals surface area contributed by atoms with Gasteiger partial charge in [0, 0.05) is 17.5 Å². The second-order valence-electron chi connectivity index (χ2n) is 6.50. The van der Waals surface area contributed by atoms with Gasteiger partial charge in [-0.25, -0.2) is 0 Å². The van der Waals surface area contributed by atoms with Crippen LogP contribution in [0.1, 0.15) is 65.6 Å². The fourth-order valence-corrected chi connectivity index (χ4v) is 4.87. The van der Waals surface area contributed by atoms with Crippen LogP contribution < -0.4 is 0 Å². The van der Waals surface area contributed by atoms with E-state index in [4.69, 9.17) is 0 Å². The number of rotatable bonds is 3. The summed E-state index contributed by atoms with van der Waals surface area (Å²) in [7, 11) is 0. The molecule has 0 aromatic carbocycles. The molecule has 0 radical (unpaired) electrons. The minimum absolute atomic E-state index is 0.196. The molecule has 0 spiro atoms. The van der Waals surface area contributed by atoms with Crippen LogP contribution in [0.5, 0.6) is 0 Å². The van der Waals surface area contributed by atoms with Gasteiger partial charge in [-0.1, -0.05) is 12.8 Å². The van der Waals surface area contributed by atoms with Crippen LogP contribution >= 0.6 is 11.3 Å². The minimum atomic E-state index is -0.336. The molecule has 0 saturated carbocycles. The van der Waals surface area contributed by atoms with Crippen LogP contribution in [0.25, 0.3) is 0 Å². The average molecular weight is 307 g/mol. The quantitative estimate of drug-likeness (QED) is 0.930. The van der Waals surface area contributed by atoms with Gasteiger partial charge in [0.2, 0.25) is 0 Å². The highest BCUT2D eigenvalue weighted by Crippen LogP contribution is 2.32. The Morgan fingerprint density at radius 3 is 3.00 bits per heavy atom. The highest BCUT2D eigenvalue weighted by atomic mass is 32.1. The summed E-state index contributed by atoms with van der Waals surface area (Å²) in [4.78, 5) is 17.3. The van der Waals surface area contributed by atoms with Crippen LogP contribution in [0.3, 0.4) is 0 Å². The van der Waals surface area contributed by atoms with Crippen molar-refractivity contribution in [1.82, 2.24) is 4.90 Å². The summed E-state index contributed by atoms with van der Waals surface area (Å²) in [5.41, 5.74) is 1.39. The van der Waals surface area contributed by atoms with Crippen molar-refractivity contribution < 1.29 is 9.90 Å². The number of carbonyl (C=O) groups excluding carboxylic acids is 1. The fraction of sp³-hybridized carbons (Fsp3) is 0.706. The molecule has 1 aliphatic heterocycles. The van der Waals surface area contributed by atoms with Gasteiger partial charge in [-0.3, -0.25) is 4.79 Å². The topological polar surface area (TPSA) is 40.5 Å². The predicted molar refractivity (Wildman–Crippen MR) is 85.9 cm³/mol. The lowest BCUT2D eigenvalue weighted by molar-refractivity contribution is 0.0612. The summed E-state index contributed by atoms with van der Waals surface area (Å²) in [5, 5.41) is 9.73. The van der Waals surface area contributed by atoms with Crippen molar-refractivity contribution in [3.05, 3.63) is 21.4 Å². The van der Waals surface area contributed by atoms with E-state index in [0.29, 0.717) is 6.42 Å². The maximum Gasteiger partial charge on any atom is 0.264 e. The normalized spacial score (nSPS) is 23.7. The molecule has 0 bridgehead atoms. The lowest BCUT2D eigenvalue weighted by Gasteiger charge is -2.30. The number of hydrogen-bond acceptors (Lipinski definition) is 3. The highest BCUT2D eigenvalue weighted by Gasteiger charge is 2.29. The summed E-state index contributed by atoms with van der Waals surface area (Å²) in [5.74, 6) is 0.196. The molecule has 21 heavy (non-hydrogen) atoms. The van der Waals surface area contributed by atoms with Crippen molar-refractivity contribution >= 4 is 17.2 Å². The number of hydrogen-bond donors (Lipinski definition) is 1. The maximum atomic E-state index is 12.9. The van der Waals surface area contributed by atoms with Gasteiger partial charge in [0.25, 0.3) is 5.91 Å². The van der Waals surface area contributed by atoms with Crippen molar-refractivity contribution in [2.45, 2.75) is 70.4 Å². The Morgan fingerprint density at radius 1 is 1.38 bits per heavy atom. The number of aryl methyl sites for hydroxylation is 2. The molecule has 1 aliphatic carbocycles. The first-order valence-electron chi connectivity index (χ1n) is 8.26. The predicted octanol–water partition coefficient (Wildman–Crippen LogP) is 3.39. The molecule has 0 unspecified atom stereocenters. The Bertz CT molecular complexity index is 487. The van der Waals surface area contributed by atoms with E-state index in [0.717, 1.165) is 37.1 Å². The van der Waals surface area contributed by atoms with E-state index in [1.807, 2.05) is 11.8 Å². The number of thiophene rings is 1. The monoisotopic (exact) mass is 307 g/mol. The Balaban J connectivity index is 1.78.